The van der Waals surface area contributed by atoms with E-state index in [2.05, 4.69) is 5.32 Å². The molecule has 0 saturated carbocycles. The lowest BCUT2D eigenvalue weighted by Gasteiger charge is -2.33. The third kappa shape index (κ3) is 3.88. The van der Waals surface area contributed by atoms with E-state index in [4.69, 9.17) is 0 Å². The fraction of sp³-hybridized carbons (Fsp3) is 0.600. The Balaban J connectivity index is 2.37. The maximum Gasteiger partial charge on any atom is 0.272 e. The van der Waals surface area contributed by atoms with Gasteiger partial charge in [-0.25, -0.2) is 8.42 Å². The second-order valence-electron chi connectivity index (χ2n) is 5.80. The molecule has 1 N–H and O–H groups in total. The molecule has 1 saturated heterocycles. The van der Waals surface area contributed by atoms with Gasteiger partial charge in [0, 0.05) is 24.2 Å². The molecule has 128 valence electrons. The first kappa shape index (κ1) is 17.8. The monoisotopic (exact) mass is 341 g/mol. The Bertz CT molecular complexity index is 669. The number of benzene rings is 1. The number of nitrogens with zero attached hydrogens (tertiary/aromatic N) is 2. The summed E-state index contributed by atoms with van der Waals surface area (Å²) in [6.07, 6.45) is 2.30. The molecule has 0 atom stereocenters. The standard InChI is InChI=1S/C15H23N3O4S/c1-3-10-17(13-6-8-16-9-7-13)23(21,22)14-4-5-15(18(19)20)12(2)11-14/h4-5,11,13,16H,3,6-10H2,1-2H3. The van der Waals surface area contributed by atoms with E-state index in [-0.39, 0.29) is 16.6 Å². The van der Waals surface area contributed by atoms with Crippen LogP contribution in [-0.4, -0.2) is 43.3 Å². The highest BCUT2D eigenvalue weighted by Gasteiger charge is 2.32. The molecule has 0 spiro atoms. The summed E-state index contributed by atoms with van der Waals surface area (Å²) in [4.78, 5) is 10.5. The van der Waals surface area contributed by atoms with Crippen LogP contribution in [-0.2, 0) is 10.0 Å². The molecule has 7 nitrogen and oxygen atoms in total. The molecule has 0 aromatic heterocycles. The molecule has 0 amide bonds. The highest BCUT2D eigenvalue weighted by atomic mass is 32.2. The third-order valence-electron chi connectivity index (χ3n) is 4.13. The third-order valence-corrected chi connectivity index (χ3v) is 6.08. The highest BCUT2D eigenvalue weighted by Crippen LogP contribution is 2.27. The van der Waals surface area contributed by atoms with E-state index >= 15 is 0 Å². The van der Waals surface area contributed by atoms with Gasteiger partial charge in [0.25, 0.3) is 5.69 Å². The molecule has 1 aromatic rings. The molecule has 1 aliphatic rings. The van der Waals surface area contributed by atoms with Gasteiger partial charge in [0.15, 0.2) is 0 Å². The summed E-state index contributed by atoms with van der Waals surface area (Å²) in [6.45, 7) is 5.58. The average Bonchev–Trinajstić information content (AvgIpc) is 2.52. The number of hydrogen-bond donors (Lipinski definition) is 1. The number of sulfonamides is 1. The number of nitro groups is 1. The van der Waals surface area contributed by atoms with Gasteiger partial charge in [-0.05, 0) is 51.4 Å². The van der Waals surface area contributed by atoms with Gasteiger partial charge >= 0.3 is 0 Å². The number of nitro benzene ring substituents is 1. The molecule has 1 fully saturated rings. The van der Waals surface area contributed by atoms with Crippen LogP contribution in [0.2, 0.25) is 0 Å². The highest BCUT2D eigenvalue weighted by molar-refractivity contribution is 7.89. The molecule has 0 bridgehead atoms. The van der Waals surface area contributed by atoms with E-state index in [1.54, 1.807) is 11.2 Å². The van der Waals surface area contributed by atoms with Crippen LogP contribution in [0.5, 0.6) is 0 Å². The van der Waals surface area contributed by atoms with Crippen LogP contribution < -0.4 is 5.32 Å². The average molecular weight is 341 g/mol. The van der Waals surface area contributed by atoms with Crippen LogP contribution in [0.1, 0.15) is 31.7 Å². The smallest absolute Gasteiger partial charge is 0.272 e. The SMILES string of the molecule is CCCN(C1CCNCC1)S(=O)(=O)c1ccc([N+](=O)[O-])c(C)c1. The quantitative estimate of drug-likeness (QED) is 0.631. The minimum Gasteiger partial charge on any atom is -0.317 e. The van der Waals surface area contributed by atoms with Gasteiger partial charge in [-0.15, -0.1) is 0 Å². The lowest BCUT2D eigenvalue weighted by atomic mass is 10.1. The van der Waals surface area contributed by atoms with Crippen LogP contribution in [0.3, 0.4) is 0 Å². The van der Waals surface area contributed by atoms with Crippen molar-refractivity contribution >= 4 is 15.7 Å². The molecular weight excluding hydrogens is 318 g/mol. The summed E-state index contributed by atoms with van der Waals surface area (Å²) in [5, 5.41) is 14.1. The molecule has 0 unspecified atom stereocenters. The summed E-state index contributed by atoms with van der Waals surface area (Å²) in [5.41, 5.74) is 0.297. The van der Waals surface area contributed by atoms with Crippen molar-refractivity contribution in [3.8, 4) is 0 Å². The predicted molar refractivity (Wildman–Crippen MR) is 87.9 cm³/mol. The van der Waals surface area contributed by atoms with Crippen molar-refractivity contribution in [2.45, 2.75) is 44.0 Å². The van der Waals surface area contributed by atoms with Crippen molar-refractivity contribution in [1.82, 2.24) is 9.62 Å². The Morgan fingerprint density at radius 3 is 2.52 bits per heavy atom. The molecule has 0 radical (unpaired) electrons. The van der Waals surface area contributed by atoms with E-state index in [9.17, 15) is 18.5 Å². The predicted octanol–water partition coefficient (Wildman–Crippen LogP) is 2.06. The fourth-order valence-electron chi connectivity index (χ4n) is 2.94. The van der Waals surface area contributed by atoms with Crippen LogP contribution in [0.25, 0.3) is 0 Å². The second-order valence-corrected chi connectivity index (χ2v) is 7.69. The van der Waals surface area contributed by atoms with Gasteiger partial charge in [0.1, 0.15) is 0 Å². The van der Waals surface area contributed by atoms with Crippen LogP contribution >= 0.6 is 0 Å². The van der Waals surface area contributed by atoms with Crippen LogP contribution in [0, 0.1) is 17.0 Å². The van der Waals surface area contributed by atoms with Gasteiger partial charge in [0.05, 0.1) is 9.82 Å². The molecule has 0 aliphatic carbocycles. The van der Waals surface area contributed by atoms with Crippen molar-refractivity contribution in [1.29, 1.82) is 0 Å². The lowest BCUT2D eigenvalue weighted by molar-refractivity contribution is -0.385. The zero-order chi connectivity index (χ0) is 17.0. The molecule has 8 heteroatoms. The van der Waals surface area contributed by atoms with Crippen LogP contribution in [0.15, 0.2) is 23.1 Å². The van der Waals surface area contributed by atoms with Gasteiger partial charge < -0.3 is 5.32 Å². The van der Waals surface area contributed by atoms with E-state index in [1.807, 2.05) is 6.92 Å². The summed E-state index contributed by atoms with van der Waals surface area (Å²) in [6, 6.07) is 3.99. The zero-order valence-corrected chi connectivity index (χ0v) is 14.3. The van der Waals surface area contributed by atoms with Crippen molar-refractivity contribution in [3.05, 3.63) is 33.9 Å². The minimum atomic E-state index is -3.64. The van der Waals surface area contributed by atoms with E-state index in [1.165, 1.54) is 18.2 Å². The van der Waals surface area contributed by atoms with Crippen LogP contribution in [0.4, 0.5) is 5.69 Å². The summed E-state index contributed by atoms with van der Waals surface area (Å²) < 4.78 is 27.5. The zero-order valence-electron chi connectivity index (χ0n) is 13.5. The first-order valence-corrected chi connectivity index (χ1v) is 9.29. The first-order chi connectivity index (χ1) is 10.9. The second kappa shape index (κ2) is 7.37. The molecule has 1 heterocycles. The van der Waals surface area contributed by atoms with Gasteiger partial charge in [0.2, 0.25) is 10.0 Å². The maximum atomic E-state index is 13.0. The summed E-state index contributed by atoms with van der Waals surface area (Å²) >= 11 is 0. The fourth-order valence-corrected chi connectivity index (χ4v) is 4.81. The molecule has 1 aliphatic heterocycles. The van der Waals surface area contributed by atoms with Gasteiger partial charge in [-0.3, -0.25) is 10.1 Å². The molecular formula is C15H23N3O4S. The summed E-state index contributed by atoms with van der Waals surface area (Å²) in [7, 11) is -3.64. The Morgan fingerprint density at radius 1 is 1.35 bits per heavy atom. The Labute approximate surface area is 136 Å². The number of aryl methyl sites for hydroxylation is 1. The Kier molecular flexibility index (Phi) is 5.72. The first-order valence-electron chi connectivity index (χ1n) is 7.85. The summed E-state index contributed by atoms with van der Waals surface area (Å²) in [5.74, 6) is 0. The van der Waals surface area contributed by atoms with Crippen molar-refractivity contribution in [2.75, 3.05) is 19.6 Å². The number of hydrogen-bond acceptors (Lipinski definition) is 5. The topological polar surface area (TPSA) is 92.6 Å². The van der Waals surface area contributed by atoms with Crippen molar-refractivity contribution < 1.29 is 13.3 Å². The van der Waals surface area contributed by atoms with E-state index < -0.39 is 14.9 Å². The Hall–Kier alpha value is -1.51. The van der Waals surface area contributed by atoms with E-state index in [0.29, 0.717) is 12.1 Å². The molecule has 23 heavy (non-hydrogen) atoms. The molecule has 2 rings (SSSR count). The largest absolute Gasteiger partial charge is 0.317 e. The maximum absolute atomic E-state index is 13.0. The normalized spacial score (nSPS) is 16.7. The van der Waals surface area contributed by atoms with E-state index in [0.717, 1.165) is 32.4 Å². The lowest BCUT2D eigenvalue weighted by Crippen LogP contribution is -2.46. The number of rotatable bonds is 6. The minimum absolute atomic E-state index is 0.0169. The number of piperidine rings is 1. The van der Waals surface area contributed by atoms with Crippen molar-refractivity contribution in [3.63, 3.8) is 0 Å². The Morgan fingerprint density at radius 2 is 2.00 bits per heavy atom. The molecule has 1 aromatic carbocycles. The number of nitrogens with one attached hydrogen (secondary N) is 1. The van der Waals surface area contributed by atoms with Gasteiger partial charge in [-0.2, -0.15) is 4.31 Å². The van der Waals surface area contributed by atoms with Crippen molar-refractivity contribution in [2.24, 2.45) is 0 Å². The van der Waals surface area contributed by atoms with Gasteiger partial charge in [-0.1, -0.05) is 6.92 Å².